The van der Waals surface area contributed by atoms with Gasteiger partial charge in [-0.2, -0.15) is 0 Å². The van der Waals surface area contributed by atoms with Gasteiger partial charge in [0.1, 0.15) is 5.54 Å². The molecule has 0 spiro atoms. The van der Waals surface area contributed by atoms with E-state index >= 15 is 0 Å². The number of hydrogen-bond acceptors (Lipinski definition) is 3. The van der Waals surface area contributed by atoms with Crippen LogP contribution < -0.4 is 5.32 Å². The highest BCUT2D eigenvalue weighted by Gasteiger charge is 2.44. The summed E-state index contributed by atoms with van der Waals surface area (Å²) in [6.07, 6.45) is 1.08. The summed E-state index contributed by atoms with van der Waals surface area (Å²) in [5.41, 5.74) is -0.804. The van der Waals surface area contributed by atoms with Crippen LogP contribution in [0.4, 0.5) is 0 Å². The van der Waals surface area contributed by atoms with E-state index in [0.717, 1.165) is 6.54 Å². The second-order valence-corrected chi connectivity index (χ2v) is 5.33. The molecule has 4 nitrogen and oxygen atoms in total. The Morgan fingerprint density at radius 3 is 2.31 bits per heavy atom. The van der Waals surface area contributed by atoms with Gasteiger partial charge < -0.3 is 15.2 Å². The normalized spacial score (nSPS) is 35.3. The van der Waals surface area contributed by atoms with Gasteiger partial charge in [0.25, 0.3) is 0 Å². The van der Waals surface area contributed by atoms with Crippen LogP contribution in [0.5, 0.6) is 0 Å². The lowest BCUT2D eigenvalue weighted by Gasteiger charge is -2.40. The summed E-state index contributed by atoms with van der Waals surface area (Å²) < 4.78 is 5.60. The maximum absolute atomic E-state index is 11.5. The van der Waals surface area contributed by atoms with E-state index in [0.29, 0.717) is 18.8 Å². The molecule has 1 saturated heterocycles. The zero-order valence-corrected chi connectivity index (χ0v) is 10.6. The average molecular weight is 229 g/mol. The number of aliphatic carboxylic acids is 1. The van der Waals surface area contributed by atoms with Gasteiger partial charge in [0.2, 0.25) is 0 Å². The van der Waals surface area contributed by atoms with E-state index in [1.807, 2.05) is 13.8 Å². The minimum absolute atomic E-state index is 0.000452. The number of ether oxygens (including phenoxy) is 1. The minimum Gasteiger partial charge on any atom is -0.480 e. The Morgan fingerprint density at radius 1 is 1.44 bits per heavy atom. The van der Waals surface area contributed by atoms with E-state index in [4.69, 9.17) is 4.74 Å². The fourth-order valence-corrected chi connectivity index (χ4v) is 2.35. The molecule has 2 unspecified atom stereocenters. The molecule has 0 aliphatic carbocycles. The van der Waals surface area contributed by atoms with Gasteiger partial charge >= 0.3 is 5.97 Å². The molecule has 1 heterocycles. The molecule has 16 heavy (non-hydrogen) atoms. The van der Waals surface area contributed by atoms with Crippen LogP contribution in [-0.2, 0) is 9.53 Å². The highest BCUT2D eigenvalue weighted by atomic mass is 16.5. The lowest BCUT2D eigenvalue weighted by atomic mass is 9.84. The predicted molar refractivity (Wildman–Crippen MR) is 62.5 cm³/mol. The third kappa shape index (κ3) is 3.19. The summed E-state index contributed by atoms with van der Waals surface area (Å²) in [7, 11) is 0. The maximum Gasteiger partial charge on any atom is 0.324 e. The van der Waals surface area contributed by atoms with Crippen molar-refractivity contribution in [3.8, 4) is 0 Å². The largest absolute Gasteiger partial charge is 0.480 e. The highest BCUT2D eigenvalue weighted by Crippen LogP contribution is 2.29. The molecule has 4 heteroatoms. The summed E-state index contributed by atoms with van der Waals surface area (Å²) in [5, 5.41) is 12.6. The number of carboxylic acids is 1. The molecule has 0 aromatic rings. The van der Waals surface area contributed by atoms with Crippen molar-refractivity contribution in [3.63, 3.8) is 0 Å². The van der Waals surface area contributed by atoms with Gasteiger partial charge in [-0.25, -0.2) is 0 Å². The first-order chi connectivity index (χ1) is 7.35. The molecule has 0 aromatic carbocycles. The molecule has 1 rings (SSSR count). The first-order valence-electron chi connectivity index (χ1n) is 5.99. The summed E-state index contributed by atoms with van der Waals surface area (Å²) in [6, 6.07) is 0. The number of nitrogens with one attached hydrogen (secondary N) is 1. The Bertz CT molecular complexity index is 243. The Hall–Kier alpha value is -0.610. The fraction of sp³-hybridized carbons (Fsp3) is 0.917. The first kappa shape index (κ1) is 13.5. The van der Waals surface area contributed by atoms with Gasteiger partial charge in [0, 0.05) is 12.8 Å². The molecule has 1 aliphatic rings. The van der Waals surface area contributed by atoms with Crippen molar-refractivity contribution >= 4 is 5.97 Å². The quantitative estimate of drug-likeness (QED) is 0.769. The van der Waals surface area contributed by atoms with E-state index in [-0.39, 0.29) is 12.2 Å². The molecule has 94 valence electrons. The molecule has 0 saturated carbocycles. The van der Waals surface area contributed by atoms with Crippen LogP contribution in [-0.4, -0.2) is 35.4 Å². The van der Waals surface area contributed by atoms with Crippen molar-refractivity contribution in [1.82, 2.24) is 5.32 Å². The standard InChI is InChI=1S/C12H23NO3/c1-8(2)7-13-12(11(14)15)5-9(3)16-10(4)6-12/h8-10,13H,5-7H2,1-4H3,(H,14,15). The van der Waals surface area contributed by atoms with Crippen LogP contribution in [0.2, 0.25) is 0 Å². The first-order valence-corrected chi connectivity index (χ1v) is 5.99. The van der Waals surface area contributed by atoms with Crippen molar-refractivity contribution in [2.45, 2.75) is 58.3 Å². The van der Waals surface area contributed by atoms with Crippen LogP contribution in [0.25, 0.3) is 0 Å². The van der Waals surface area contributed by atoms with Gasteiger partial charge in [-0.3, -0.25) is 4.79 Å². The summed E-state index contributed by atoms with van der Waals surface area (Å²) in [5.74, 6) is -0.306. The van der Waals surface area contributed by atoms with Crippen LogP contribution in [0, 0.1) is 5.92 Å². The second kappa shape index (κ2) is 5.15. The Labute approximate surface area is 97.4 Å². The summed E-state index contributed by atoms with van der Waals surface area (Å²) >= 11 is 0. The van der Waals surface area contributed by atoms with Gasteiger partial charge in [0.05, 0.1) is 12.2 Å². The second-order valence-electron chi connectivity index (χ2n) is 5.33. The molecule has 1 aliphatic heterocycles. The molecule has 0 radical (unpaired) electrons. The van der Waals surface area contributed by atoms with E-state index in [1.165, 1.54) is 0 Å². The fourth-order valence-electron chi connectivity index (χ4n) is 2.35. The molecular formula is C12H23NO3. The van der Waals surface area contributed by atoms with E-state index in [2.05, 4.69) is 19.2 Å². The van der Waals surface area contributed by atoms with E-state index in [1.54, 1.807) is 0 Å². The Morgan fingerprint density at radius 2 is 1.94 bits per heavy atom. The number of carbonyl (C=O) groups is 1. The van der Waals surface area contributed by atoms with Crippen LogP contribution in [0.15, 0.2) is 0 Å². The van der Waals surface area contributed by atoms with Gasteiger partial charge in [-0.05, 0) is 26.3 Å². The Balaban J connectivity index is 2.74. The Kier molecular flexibility index (Phi) is 4.33. The molecule has 0 bridgehead atoms. The van der Waals surface area contributed by atoms with Crippen LogP contribution in [0.1, 0.15) is 40.5 Å². The summed E-state index contributed by atoms with van der Waals surface area (Å²) in [4.78, 5) is 11.5. The zero-order valence-electron chi connectivity index (χ0n) is 10.6. The van der Waals surface area contributed by atoms with Crippen LogP contribution >= 0.6 is 0 Å². The highest BCUT2D eigenvalue weighted by molar-refractivity contribution is 5.79. The van der Waals surface area contributed by atoms with E-state index in [9.17, 15) is 9.90 Å². The summed E-state index contributed by atoms with van der Waals surface area (Å²) in [6.45, 7) is 8.75. The number of carboxylic acid groups (broad SMARTS) is 1. The molecule has 2 atom stereocenters. The maximum atomic E-state index is 11.5. The van der Waals surface area contributed by atoms with E-state index < -0.39 is 11.5 Å². The van der Waals surface area contributed by atoms with Gasteiger partial charge in [-0.15, -0.1) is 0 Å². The van der Waals surface area contributed by atoms with Crippen molar-refractivity contribution < 1.29 is 14.6 Å². The molecule has 2 N–H and O–H groups in total. The zero-order chi connectivity index (χ0) is 12.3. The number of rotatable bonds is 4. The SMILES string of the molecule is CC(C)CNC1(C(=O)O)CC(C)OC(C)C1. The third-order valence-corrected chi connectivity index (χ3v) is 2.99. The lowest BCUT2D eigenvalue weighted by molar-refractivity contribution is -0.156. The molecule has 0 aromatic heterocycles. The van der Waals surface area contributed by atoms with Crippen molar-refractivity contribution in [2.75, 3.05) is 6.54 Å². The predicted octanol–water partition coefficient (Wildman–Crippen LogP) is 1.64. The van der Waals surface area contributed by atoms with Crippen molar-refractivity contribution in [2.24, 2.45) is 5.92 Å². The molecule has 1 fully saturated rings. The minimum atomic E-state index is -0.804. The molecular weight excluding hydrogens is 206 g/mol. The lowest BCUT2D eigenvalue weighted by Crippen LogP contribution is -2.59. The smallest absolute Gasteiger partial charge is 0.324 e. The monoisotopic (exact) mass is 229 g/mol. The van der Waals surface area contributed by atoms with Gasteiger partial charge in [0.15, 0.2) is 0 Å². The van der Waals surface area contributed by atoms with Crippen molar-refractivity contribution in [1.29, 1.82) is 0 Å². The third-order valence-electron chi connectivity index (χ3n) is 2.99. The van der Waals surface area contributed by atoms with Gasteiger partial charge in [-0.1, -0.05) is 13.8 Å². The van der Waals surface area contributed by atoms with Crippen molar-refractivity contribution in [3.05, 3.63) is 0 Å². The topological polar surface area (TPSA) is 58.6 Å². The number of hydrogen-bond donors (Lipinski definition) is 2. The average Bonchev–Trinajstić information content (AvgIpc) is 2.13. The van der Waals surface area contributed by atoms with Crippen LogP contribution in [0.3, 0.4) is 0 Å². The molecule has 0 amide bonds.